The van der Waals surface area contributed by atoms with Crippen LogP contribution in [0.3, 0.4) is 0 Å². The molecule has 0 fully saturated rings. The van der Waals surface area contributed by atoms with Crippen LogP contribution < -0.4 is 0 Å². The third-order valence-electron chi connectivity index (χ3n) is 15.3. The van der Waals surface area contributed by atoms with Crippen LogP contribution in [0.1, 0.15) is 374 Å². The summed E-state index contributed by atoms with van der Waals surface area (Å²) in [5, 5.41) is 0. The van der Waals surface area contributed by atoms with Gasteiger partial charge in [-0.25, -0.2) is 16.8 Å². The van der Waals surface area contributed by atoms with Gasteiger partial charge in [0.05, 0.1) is 13.2 Å². The first kappa shape index (κ1) is 78.2. The molecule has 0 aromatic rings. The molecule has 0 rings (SSSR count). The summed E-state index contributed by atoms with van der Waals surface area (Å²) in [6.07, 6.45) is 70.3. The second-order valence-electron chi connectivity index (χ2n) is 22.5. The topological polar surface area (TPSA) is 133 Å². The van der Waals surface area contributed by atoms with Crippen LogP contribution in [0, 0.1) is 11.8 Å². The van der Waals surface area contributed by atoms with Gasteiger partial charge in [0.1, 0.15) is 0 Å². The SMILES string of the molecule is CCCCCCCCCCCCCCCCCC(CCCCCCCCCCCC)COS(=O)(=O)[O-].CCCCCCCCCCCCCCCCCC(CCCCCCCCCCCC)COS(=O)(=O)[O-].[Ca+2]. The molecule has 0 aliphatic carbocycles. The number of unbranched alkanes of at least 4 members (excludes halogenated alkanes) is 46. The smallest absolute Gasteiger partial charge is 0.726 e. The van der Waals surface area contributed by atoms with Gasteiger partial charge >= 0.3 is 37.7 Å². The molecule has 0 heterocycles. The first-order chi connectivity index (χ1) is 35.0. The molecule has 436 valence electrons. The Morgan fingerprint density at radius 3 is 0.493 bits per heavy atom. The summed E-state index contributed by atoms with van der Waals surface area (Å²) < 4.78 is 74.7. The number of hydrogen-bond donors (Lipinski definition) is 0. The van der Waals surface area contributed by atoms with Gasteiger partial charge in [-0.05, 0) is 37.5 Å². The first-order valence-electron chi connectivity index (χ1n) is 32.2. The quantitative estimate of drug-likeness (QED) is 0.0254. The van der Waals surface area contributed by atoms with Crippen LogP contribution in [0.5, 0.6) is 0 Å². The fourth-order valence-electron chi connectivity index (χ4n) is 10.4. The van der Waals surface area contributed by atoms with Crippen molar-refractivity contribution in [3.63, 3.8) is 0 Å². The van der Waals surface area contributed by atoms with Crippen molar-refractivity contribution in [2.24, 2.45) is 11.8 Å². The average Bonchev–Trinajstić information content (AvgIpc) is 3.35. The van der Waals surface area contributed by atoms with E-state index in [-0.39, 0.29) is 62.8 Å². The summed E-state index contributed by atoms with van der Waals surface area (Å²) in [5.74, 6) is 0.398. The van der Waals surface area contributed by atoms with Crippen molar-refractivity contribution in [2.75, 3.05) is 13.2 Å². The van der Waals surface area contributed by atoms with Gasteiger partial charge in [-0.2, -0.15) is 0 Å². The molecule has 0 aromatic heterocycles. The predicted octanol–water partition coefficient (Wildman–Crippen LogP) is 20.9. The van der Waals surface area contributed by atoms with Crippen LogP contribution >= 0.6 is 0 Å². The maximum absolute atomic E-state index is 10.9. The minimum absolute atomic E-state index is 0. The van der Waals surface area contributed by atoms with E-state index in [1.54, 1.807) is 0 Å². The zero-order valence-electron chi connectivity index (χ0n) is 49.5. The Bertz CT molecular complexity index is 1140. The van der Waals surface area contributed by atoms with Crippen LogP contribution in [0.25, 0.3) is 0 Å². The molecule has 0 saturated carbocycles. The molecule has 8 nitrogen and oxygen atoms in total. The molecule has 0 aliphatic heterocycles. The summed E-state index contributed by atoms with van der Waals surface area (Å²) in [7, 11) is -9.16. The minimum Gasteiger partial charge on any atom is -0.726 e. The Labute approximate surface area is 488 Å². The van der Waals surface area contributed by atoms with E-state index in [4.69, 9.17) is 0 Å². The monoisotopic (exact) mass is 1100 g/mol. The Balaban J connectivity index is -0.00000132. The Kier molecular flexibility index (Phi) is 68.4. The van der Waals surface area contributed by atoms with Crippen LogP contribution in [-0.2, 0) is 29.2 Å². The Morgan fingerprint density at radius 1 is 0.247 bits per heavy atom. The van der Waals surface area contributed by atoms with Gasteiger partial charge < -0.3 is 9.11 Å². The van der Waals surface area contributed by atoms with Crippen molar-refractivity contribution in [1.82, 2.24) is 0 Å². The zero-order valence-corrected chi connectivity index (χ0v) is 53.4. The predicted molar refractivity (Wildman–Crippen MR) is 316 cm³/mol. The van der Waals surface area contributed by atoms with Gasteiger partial charge in [-0.1, -0.05) is 349 Å². The van der Waals surface area contributed by atoms with E-state index in [2.05, 4.69) is 36.1 Å². The summed E-state index contributed by atoms with van der Waals surface area (Å²) in [6.45, 7) is 9.20. The molecule has 0 amide bonds. The Hall–Kier alpha value is 1.000. The number of rotatable bonds is 60. The molecule has 0 radical (unpaired) electrons. The van der Waals surface area contributed by atoms with Gasteiger partial charge in [0.2, 0.25) is 20.8 Å². The van der Waals surface area contributed by atoms with Crippen molar-refractivity contribution in [1.29, 1.82) is 0 Å². The third-order valence-corrected chi connectivity index (χ3v) is 16.1. The fraction of sp³-hybridized carbons (Fsp3) is 1.00. The molecule has 2 atom stereocenters. The van der Waals surface area contributed by atoms with Crippen molar-refractivity contribution in [3.8, 4) is 0 Å². The summed E-state index contributed by atoms with van der Waals surface area (Å²) in [4.78, 5) is 0. The molecule has 0 bridgehead atoms. The second kappa shape index (κ2) is 63.8. The molecule has 0 aliphatic rings. The first-order valence-corrected chi connectivity index (χ1v) is 34.9. The van der Waals surface area contributed by atoms with E-state index in [1.165, 1.54) is 295 Å². The fourth-order valence-corrected chi connectivity index (χ4v) is 11.1. The molecule has 11 heteroatoms. The van der Waals surface area contributed by atoms with Crippen molar-refractivity contribution < 1.29 is 34.3 Å². The maximum atomic E-state index is 10.9. The zero-order chi connectivity index (χ0) is 53.2. The van der Waals surface area contributed by atoms with E-state index >= 15 is 0 Å². The normalized spacial score (nSPS) is 12.7. The van der Waals surface area contributed by atoms with E-state index < -0.39 is 20.8 Å². The molecule has 0 aromatic carbocycles. The summed E-state index contributed by atoms with van der Waals surface area (Å²) >= 11 is 0. The third kappa shape index (κ3) is 73.0. The van der Waals surface area contributed by atoms with E-state index in [0.717, 1.165) is 51.4 Å². The molecule has 0 saturated heterocycles. The van der Waals surface area contributed by atoms with Crippen LogP contribution in [-0.4, -0.2) is 76.9 Å². The van der Waals surface area contributed by atoms with Gasteiger partial charge in [0.25, 0.3) is 0 Å². The maximum Gasteiger partial charge on any atom is 2.00 e. The molecule has 73 heavy (non-hydrogen) atoms. The van der Waals surface area contributed by atoms with Crippen molar-refractivity contribution >= 4 is 58.5 Å². The van der Waals surface area contributed by atoms with E-state index in [9.17, 15) is 25.9 Å². The van der Waals surface area contributed by atoms with Gasteiger partial charge in [-0.3, -0.25) is 8.37 Å². The largest absolute Gasteiger partial charge is 2.00 e. The van der Waals surface area contributed by atoms with Crippen LogP contribution in [0.2, 0.25) is 0 Å². The molecule has 0 N–H and O–H groups in total. The van der Waals surface area contributed by atoms with Gasteiger partial charge in [-0.15, -0.1) is 0 Å². The second-order valence-corrected chi connectivity index (χ2v) is 24.6. The van der Waals surface area contributed by atoms with Gasteiger partial charge in [0, 0.05) is 0 Å². The van der Waals surface area contributed by atoms with Gasteiger partial charge in [0.15, 0.2) is 0 Å². The summed E-state index contributed by atoms with van der Waals surface area (Å²) in [6, 6.07) is 0. The Morgan fingerprint density at radius 2 is 0.370 bits per heavy atom. The molecule has 0 spiro atoms. The minimum atomic E-state index is -4.58. The molecular formula is C62H126CaO8S2. The molecule has 2 unspecified atom stereocenters. The van der Waals surface area contributed by atoms with E-state index in [1.807, 2.05) is 0 Å². The number of hydrogen-bond acceptors (Lipinski definition) is 8. The summed E-state index contributed by atoms with van der Waals surface area (Å²) in [5.41, 5.74) is 0. The van der Waals surface area contributed by atoms with Crippen molar-refractivity contribution in [3.05, 3.63) is 0 Å². The molecular weight excluding hydrogens is 977 g/mol. The van der Waals surface area contributed by atoms with Crippen LogP contribution in [0.4, 0.5) is 0 Å². The average molecular weight is 1100 g/mol. The standard InChI is InChI=1S/2C31H64O4S.Ca/c2*1-3-5-7-9-11-13-15-16-17-18-19-21-23-25-27-29-31(30-35-36(32,33)34)28-26-24-22-20-14-12-10-8-6-4-2;/h2*31H,3-30H2,1-2H3,(H,32,33,34);/q;;+2/p-2. The van der Waals surface area contributed by atoms with Crippen LogP contribution in [0.15, 0.2) is 0 Å². The van der Waals surface area contributed by atoms with Crippen molar-refractivity contribution in [2.45, 2.75) is 374 Å². The van der Waals surface area contributed by atoms with E-state index in [0.29, 0.717) is 0 Å².